The van der Waals surface area contributed by atoms with Crippen LogP contribution in [0.25, 0.3) is 0 Å². The molecule has 0 saturated carbocycles. The Morgan fingerprint density at radius 2 is 0.894 bits per heavy atom. The molecule has 4 N–H and O–H groups in total. The maximum atomic E-state index is 12.5. The van der Waals surface area contributed by atoms with Crippen molar-refractivity contribution in [3.05, 3.63) is 0 Å². The van der Waals surface area contributed by atoms with Gasteiger partial charge >= 0.3 is 20.1 Å². The van der Waals surface area contributed by atoms with Gasteiger partial charge < -0.3 is 15.2 Å². The predicted octanol–water partition coefficient (Wildman–Crippen LogP) is 10.1. The second-order valence-electron chi connectivity index (χ2n) is 13.2. The first-order valence-corrected chi connectivity index (χ1v) is 21.1. The standard InChI is InChI=1S/C37H75NO8P/c1-3-5-7-9-11-13-15-17-19-21-23-25-27-29-36(39)43-33-35(34-45-47(41,42)44-32-31-38)46-37(40)30-28-26-24-22-20-18-16-14-12-10-8-6-4-2/h35,41-42H,3-34,38H2,1-2H3/q+1. The zero-order valence-electron chi connectivity index (χ0n) is 30.6. The molecular weight excluding hydrogens is 617 g/mol. The second-order valence-corrected chi connectivity index (χ2v) is 14.7. The summed E-state index contributed by atoms with van der Waals surface area (Å²) in [6.45, 7) is 3.94. The van der Waals surface area contributed by atoms with E-state index >= 15 is 0 Å². The highest BCUT2D eigenvalue weighted by Crippen LogP contribution is 2.52. The van der Waals surface area contributed by atoms with E-state index in [0.29, 0.717) is 6.42 Å². The Bertz CT molecular complexity index is 697. The first-order valence-electron chi connectivity index (χ1n) is 19.5. The molecule has 0 heterocycles. The molecule has 0 aliphatic rings. The first kappa shape index (κ1) is 46.2. The quantitative estimate of drug-likeness (QED) is 0.0330. The number of hydrogen-bond acceptors (Lipinski definition) is 9. The maximum absolute atomic E-state index is 12.5. The van der Waals surface area contributed by atoms with Crippen molar-refractivity contribution in [2.45, 2.75) is 200 Å². The van der Waals surface area contributed by atoms with Crippen molar-refractivity contribution in [2.24, 2.45) is 5.73 Å². The lowest BCUT2D eigenvalue weighted by molar-refractivity contribution is -0.161. The van der Waals surface area contributed by atoms with E-state index < -0.39 is 20.2 Å². The van der Waals surface area contributed by atoms with Crippen LogP contribution in [0.3, 0.4) is 0 Å². The van der Waals surface area contributed by atoms with Crippen LogP contribution in [-0.4, -0.2) is 54.2 Å². The highest BCUT2D eigenvalue weighted by Gasteiger charge is 2.40. The lowest BCUT2D eigenvalue weighted by Gasteiger charge is -2.18. The smallest absolute Gasteiger partial charge is 0.462 e. The van der Waals surface area contributed by atoms with Gasteiger partial charge in [-0.3, -0.25) is 9.59 Å². The minimum Gasteiger partial charge on any atom is -0.462 e. The van der Waals surface area contributed by atoms with Crippen LogP contribution in [0.1, 0.15) is 194 Å². The molecule has 0 aromatic heterocycles. The van der Waals surface area contributed by atoms with Gasteiger partial charge in [-0.05, 0) is 12.8 Å². The van der Waals surface area contributed by atoms with Gasteiger partial charge in [-0.2, -0.15) is 14.3 Å². The summed E-state index contributed by atoms with van der Waals surface area (Å²) in [5.41, 5.74) is 5.36. The van der Waals surface area contributed by atoms with Gasteiger partial charge in [0, 0.05) is 19.4 Å². The van der Waals surface area contributed by atoms with Gasteiger partial charge in [-0.25, -0.2) is 0 Å². The molecule has 0 aliphatic carbocycles. The Labute approximate surface area is 289 Å². The Kier molecular flexibility index (Phi) is 34.4. The summed E-state index contributed by atoms with van der Waals surface area (Å²) in [5, 5.41) is 0. The topological polar surface area (TPSA) is 138 Å². The van der Waals surface area contributed by atoms with Gasteiger partial charge in [0.2, 0.25) is 0 Å². The Morgan fingerprint density at radius 3 is 1.28 bits per heavy atom. The fraction of sp³-hybridized carbons (Fsp3) is 0.946. The van der Waals surface area contributed by atoms with E-state index in [2.05, 4.69) is 13.8 Å². The van der Waals surface area contributed by atoms with Crippen LogP contribution in [0.2, 0.25) is 0 Å². The van der Waals surface area contributed by atoms with E-state index in [1.807, 2.05) is 0 Å². The lowest BCUT2D eigenvalue weighted by Crippen LogP contribution is -2.30. The first-order chi connectivity index (χ1) is 22.8. The van der Waals surface area contributed by atoms with Crippen LogP contribution in [0.5, 0.6) is 0 Å². The van der Waals surface area contributed by atoms with Crippen LogP contribution < -0.4 is 5.73 Å². The third-order valence-corrected chi connectivity index (χ3v) is 9.51. The van der Waals surface area contributed by atoms with Gasteiger partial charge in [-0.1, -0.05) is 168 Å². The molecule has 0 rings (SSSR count). The monoisotopic (exact) mass is 693 g/mol. The van der Waals surface area contributed by atoms with Crippen molar-refractivity contribution in [1.29, 1.82) is 0 Å². The number of unbranched alkanes of at least 4 members (excludes halogenated alkanes) is 24. The van der Waals surface area contributed by atoms with Crippen molar-refractivity contribution in [3.8, 4) is 0 Å². The maximum Gasteiger partial charge on any atom is 0.570 e. The molecule has 0 radical (unpaired) electrons. The fourth-order valence-corrected chi connectivity index (χ4v) is 6.36. The van der Waals surface area contributed by atoms with Gasteiger partial charge in [0.25, 0.3) is 0 Å². The molecule has 0 aromatic carbocycles. The number of nitrogens with two attached hydrogens (primary N) is 1. The predicted molar refractivity (Wildman–Crippen MR) is 194 cm³/mol. The third-order valence-electron chi connectivity index (χ3n) is 8.50. The van der Waals surface area contributed by atoms with E-state index in [1.54, 1.807) is 0 Å². The van der Waals surface area contributed by atoms with Crippen molar-refractivity contribution in [2.75, 3.05) is 26.4 Å². The summed E-state index contributed by atoms with van der Waals surface area (Å²) in [6, 6.07) is 0. The summed E-state index contributed by atoms with van der Waals surface area (Å²) in [5.74, 6) is -0.782. The zero-order valence-corrected chi connectivity index (χ0v) is 31.5. The van der Waals surface area contributed by atoms with E-state index in [0.717, 1.165) is 38.5 Å². The molecular formula is C37H75NO8P+. The molecule has 10 heteroatoms. The normalized spacial score (nSPS) is 12.4. The lowest BCUT2D eigenvalue weighted by atomic mass is 10.0. The van der Waals surface area contributed by atoms with Crippen LogP contribution in [-0.2, 0) is 28.1 Å². The highest BCUT2D eigenvalue weighted by atomic mass is 31.2. The van der Waals surface area contributed by atoms with Crippen LogP contribution >= 0.6 is 8.17 Å². The molecule has 1 atom stereocenters. The number of rotatable bonds is 37. The molecule has 1 unspecified atom stereocenters. The fourth-order valence-electron chi connectivity index (χ4n) is 5.58. The van der Waals surface area contributed by atoms with Crippen LogP contribution in [0, 0.1) is 0 Å². The molecule has 0 amide bonds. The van der Waals surface area contributed by atoms with Crippen molar-refractivity contribution in [3.63, 3.8) is 0 Å². The average Bonchev–Trinajstić information content (AvgIpc) is 3.05. The highest BCUT2D eigenvalue weighted by molar-refractivity contribution is 7.54. The zero-order chi connectivity index (χ0) is 34.7. The van der Waals surface area contributed by atoms with E-state index in [9.17, 15) is 19.4 Å². The van der Waals surface area contributed by atoms with Crippen molar-refractivity contribution in [1.82, 2.24) is 0 Å². The van der Waals surface area contributed by atoms with Gasteiger partial charge in [0.05, 0.1) is 0 Å². The molecule has 0 aromatic rings. The summed E-state index contributed by atoms with van der Waals surface area (Å²) in [6.07, 6.45) is 31.4. The summed E-state index contributed by atoms with van der Waals surface area (Å²) in [7, 11) is -4.11. The number of esters is 2. The van der Waals surface area contributed by atoms with E-state index in [1.165, 1.54) is 128 Å². The number of carbonyl (C=O) groups excluding carboxylic acids is 2. The summed E-state index contributed by atoms with van der Waals surface area (Å²) >= 11 is 0. The van der Waals surface area contributed by atoms with Gasteiger partial charge in [0.1, 0.15) is 19.8 Å². The third kappa shape index (κ3) is 34.8. The Hall–Kier alpha value is -0.830. The molecule has 0 saturated heterocycles. The molecule has 9 nitrogen and oxygen atoms in total. The van der Waals surface area contributed by atoms with Crippen molar-refractivity contribution < 1.29 is 37.9 Å². The Morgan fingerprint density at radius 1 is 0.532 bits per heavy atom. The largest absolute Gasteiger partial charge is 0.570 e. The van der Waals surface area contributed by atoms with E-state index in [4.69, 9.17) is 24.3 Å². The second kappa shape index (κ2) is 35.0. The van der Waals surface area contributed by atoms with Gasteiger partial charge in [0.15, 0.2) is 6.10 Å². The van der Waals surface area contributed by atoms with E-state index in [-0.39, 0.29) is 38.8 Å². The summed E-state index contributed by atoms with van der Waals surface area (Å²) in [4.78, 5) is 44.8. The molecule has 0 bridgehead atoms. The molecule has 0 fully saturated rings. The summed E-state index contributed by atoms with van der Waals surface area (Å²) < 4.78 is 20.9. The molecule has 0 aliphatic heterocycles. The molecule has 47 heavy (non-hydrogen) atoms. The molecule has 0 spiro atoms. The number of ether oxygens (including phenoxy) is 2. The van der Waals surface area contributed by atoms with Crippen molar-refractivity contribution >= 4 is 20.1 Å². The van der Waals surface area contributed by atoms with Crippen LogP contribution in [0.4, 0.5) is 0 Å². The number of hydrogen-bond donors (Lipinski definition) is 3. The van der Waals surface area contributed by atoms with Gasteiger partial charge in [-0.15, -0.1) is 4.52 Å². The SMILES string of the molecule is CCCCCCCCCCCCCCCC(=O)OCC(CO[P+](O)(O)OCCN)OC(=O)CCCCCCCCCCCCCCC. The Balaban J connectivity index is 4.17. The average molecular weight is 693 g/mol. The van der Waals surface area contributed by atoms with Crippen LogP contribution in [0.15, 0.2) is 0 Å². The number of carbonyl (C=O) groups is 2. The molecule has 280 valence electrons. The minimum atomic E-state index is -4.11. The minimum absolute atomic E-state index is 0.0849.